The van der Waals surface area contributed by atoms with Crippen LogP contribution in [0.3, 0.4) is 0 Å². The summed E-state index contributed by atoms with van der Waals surface area (Å²) in [6, 6.07) is 1.81. The van der Waals surface area contributed by atoms with Gasteiger partial charge in [0.2, 0.25) is 0 Å². The molecule has 0 saturated carbocycles. The zero-order valence-electron chi connectivity index (χ0n) is 4.96. The van der Waals surface area contributed by atoms with Crippen LogP contribution < -0.4 is 0 Å². The van der Waals surface area contributed by atoms with Gasteiger partial charge in [-0.3, -0.25) is 0 Å². The third-order valence-electron chi connectivity index (χ3n) is 0.567. The van der Waals surface area contributed by atoms with E-state index >= 15 is 0 Å². The number of hydrogen-bond donors (Lipinski definition) is 1. The van der Waals surface area contributed by atoms with Gasteiger partial charge in [-0.2, -0.15) is 0 Å². The van der Waals surface area contributed by atoms with Crippen molar-refractivity contribution in [1.29, 1.82) is 0 Å². The van der Waals surface area contributed by atoms with Gasteiger partial charge in [0.15, 0.2) is 0 Å². The van der Waals surface area contributed by atoms with E-state index in [0.717, 1.165) is 12.9 Å². The van der Waals surface area contributed by atoms with Gasteiger partial charge in [0.25, 0.3) is 0 Å². The lowest BCUT2D eigenvalue weighted by Crippen LogP contribution is -1.50. The Balaban J connectivity index is 0.000000222. The number of rotatable bonds is 0. The third-order valence-corrected chi connectivity index (χ3v) is 0.567. The predicted octanol–water partition coefficient (Wildman–Crippen LogP) is 0.592. The van der Waals surface area contributed by atoms with Crippen molar-refractivity contribution >= 4 is 0 Å². The highest BCUT2D eigenvalue weighted by molar-refractivity contribution is 4.87. The molecule has 3 heteroatoms. The van der Waals surface area contributed by atoms with Gasteiger partial charge in [-0.15, -0.1) is 0 Å². The highest BCUT2D eigenvalue weighted by Crippen LogP contribution is 1.88. The first-order valence-electron chi connectivity index (χ1n) is 2.21. The fraction of sp³-hybridized carbons (Fsp3) is 0.400. The summed E-state index contributed by atoms with van der Waals surface area (Å²) >= 11 is 0. The van der Waals surface area contributed by atoms with Crippen LogP contribution in [-0.2, 0) is 0 Å². The van der Waals surface area contributed by atoms with E-state index in [1.165, 1.54) is 0 Å². The number of aryl methyl sites for hydroxylation is 1. The van der Waals surface area contributed by atoms with Crippen molar-refractivity contribution in [3.05, 3.63) is 18.0 Å². The minimum atomic E-state index is 0.856. The summed E-state index contributed by atoms with van der Waals surface area (Å²) < 4.78 is 4.58. The van der Waals surface area contributed by atoms with Gasteiger partial charge in [0.1, 0.15) is 5.76 Å². The first-order chi connectivity index (χ1) is 3.89. The summed E-state index contributed by atoms with van der Waals surface area (Å²) in [4.78, 5) is 0. The quantitative estimate of drug-likeness (QED) is 0.538. The maximum Gasteiger partial charge on any atom is 0.133 e. The average Bonchev–Trinajstić information content (AvgIpc) is 2.24. The van der Waals surface area contributed by atoms with Crippen LogP contribution in [0.25, 0.3) is 0 Å². The first-order valence-corrected chi connectivity index (χ1v) is 2.21. The molecule has 1 aromatic rings. The van der Waals surface area contributed by atoms with Crippen LogP contribution in [0.1, 0.15) is 5.76 Å². The molecular weight excluding hydrogens is 106 g/mol. The van der Waals surface area contributed by atoms with Crippen molar-refractivity contribution in [2.45, 2.75) is 6.92 Å². The molecule has 1 N–H and O–H groups in total. The molecule has 0 atom stereocenters. The van der Waals surface area contributed by atoms with Gasteiger partial charge in [-0.25, -0.2) is 0 Å². The summed E-state index contributed by atoms with van der Waals surface area (Å²) in [7, 11) is 1.00. The first kappa shape index (κ1) is 7.17. The van der Waals surface area contributed by atoms with Gasteiger partial charge in [0.05, 0.1) is 6.20 Å². The van der Waals surface area contributed by atoms with E-state index in [1.54, 1.807) is 12.3 Å². The van der Waals surface area contributed by atoms with Crippen molar-refractivity contribution in [2.75, 3.05) is 7.11 Å². The minimum absolute atomic E-state index is 0.856. The molecule has 0 bridgehead atoms. The largest absolute Gasteiger partial charge is 0.400 e. The van der Waals surface area contributed by atoms with Gasteiger partial charge in [0, 0.05) is 13.2 Å². The molecule has 0 unspecified atom stereocenters. The molecule has 0 radical (unpaired) electrons. The van der Waals surface area contributed by atoms with E-state index in [-0.39, 0.29) is 0 Å². The molecule has 3 nitrogen and oxygen atoms in total. The van der Waals surface area contributed by atoms with E-state index in [1.807, 2.05) is 6.92 Å². The van der Waals surface area contributed by atoms with Crippen molar-refractivity contribution in [2.24, 2.45) is 0 Å². The second-order valence-corrected chi connectivity index (χ2v) is 1.12. The molecule has 1 heterocycles. The van der Waals surface area contributed by atoms with Crippen molar-refractivity contribution in [3.8, 4) is 0 Å². The molecule has 0 aliphatic rings. The molecule has 0 saturated heterocycles. The molecule has 0 fully saturated rings. The number of aromatic nitrogens is 1. The maximum atomic E-state index is 7.00. The molecule has 0 amide bonds. The van der Waals surface area contributed by atoms with E-state index in [4.69, 9.17) is 5.11 Å². The lowest BCUT2D eigenvalue weighted by molar-refractivity contribution is 0.397. The molecule has 0 aliphatic heterocycles. The molecule has 0 aromatic carbocycles. The molecular formula is C5H9NO2. The number of hydrogen-bond acceptors (Lipinski definition) is 3. The zero-order valence-corrected chi connectivity index (χ0v) is 4.96. The van der Waals surface area contributed by atoms with E-state index in [2.05, 4.69) is 9.68 Å². The molecule has 0 aliphatic carbocycles. The summed E-state index contributed by atoms with van der Waals surface area (Å²) in [6.07, 6.45) is 1.62. The Morgan fingerprint density at radius 3 is 2.38 bits per heavy atom. The Bertz CT molecular complexity index is 114. The van der Waals surface area contributed by atoms with Crippen molar-refractivity contribution < 1.29 is 9.63 Å². The van der Waals surface area contributed by atoms with Gasteiger partial charge in [-0.05, 0) is 6.92 Å². The van der Waals surface area contributed by atoms with Crippen LogP contribution in [-0.4, -0.2) is 17.4 Å². The average molecular weight is 115 g/mol. The van der Waals surface area contributed by atoms with Crippen LogP contribution in [0.15, 0.2) is 16.8 Å². The summed E-state index contributed by atoms with van der Waals surface area (Å²) in [5.74, 6) is 0.856. The summed E-state index contributed by atoms with van der Waals surface area (Å²) in [5.41, 5.74) is 0. The molecule has 1 rings (SSSR count). The predicted molar refractivity (Wildman–Crippen MR) is 29.4 cm³/mol. The Hall–Kier alpha value is -0.830. The zero-order chi connectivity index (χ0) is 6.41. The highest BCUT2D eigenvalue weighted by Gasteiger charge is 1.78. The number of aliphatic hydroxyl groups excluding tert-OH is 1. The summed E-state index contributed by atoms with van der Waals surface area (Å²) in [6.45, 7) is 1.85. The standard InChI is InChI=1S/C4H5NO.CH4O/c1-4-2-3-5-6-4;1-2/h2-3H,1H3;2H,1H3. The van der Waals surface area contributed by atoms with Gasteiger partial charge < -0.3 is 9.63 Å². The fourth-order valence-corrected chi connectivity index (χ4v) is 0.279. The Morgan fingerprint density at radius 1 is 1.62 bits per heavy atom. The van der Waals surface area contributed by atoms with Crippen molar-refractivity contribution in [3.63, 3.8) is 0 Å². The molecule has 8 heavy (non-hydrogen) atoms. The lowest BCUT2D eigenvalue weighted by atomic mass is 10.5. The van der Waals surface area contributed by atoms with Crippen molar-refractivity contribution in [1.82, 2.24) is 5.16 Å². The number of aliphatic hydroxyl groups is 1. The third kappa shape index (κ3) is 2.36. The van der Waals surface area contributed by atoms with Crippen LogP contribution in [0.5, 0.6) is 0 Å². The van der Waals surface area contributed by atoms with Gasteiger partial charge >= 0.3 is 0 Å². The van der Waals surface area contributed by atoms with E-state index in [0.29, 0.717) is 0 Å². The minimum Gasteiger partial charge on any atom is -0.400 e. The second-order valence-electron chi connectivity index (χ2n) is 1.12. The van der Waals surface area contributed by atoms with Crippen LogP contribution in [0, 0.1) is 6.92 Å². The van der Waals surface area contributed by atoms with Crippen LogP contribution in [0.2, 0.25) is 0 Å². The van der Waals surface area contributed by atoms with Crippen LogP contribution in [0.4, 0.5) is 0 Å². The van der Waals surface area contributed by atoms with Gasteiger partial charge in [-0.1, -0.05) is 5.16 Å². The Kier molecular flexibility index (Phi) is 3.88. The maximum absolute atomic E-state index is 7.00. The lowest BCUT2D eigenvalue weighted by Gasteiger charge is -1.65. The SMILES string of the molecule is CO.Cc1ccno1. The molecule has 0 spiro atoms. The van der Waals surface area contributed by atoms with E-state index < -0.39 is 0 Å². The normalized spacial score (nSPS) is 7.38. The highest BCUT2D eigenvalue weighted by atomic mass is 16.5. The fourth-order valence-electron chi connectivity index (χ4n) is 0.279. The van der Waals surface area contributed by atoms with Crippen LogP contribution >= 0.6 is 0 Å². The number of nitrogens with zero attached hydrogens (tertiary/aromatic N) is 1. The second kappa shape index (κ2) is 4.33. The monoisotopic (exact) mass is 115 g/mol. The Labute approximate surface area is 47.9 Å². The Morgan fingerprint density at radius 2 is 2.25 bits per heavy atom. The smallest absolute Gasteiger partial charge is 0.133 e. The molecule has 46 valence electrons. The summed E-state index contributed by atoms with van der Waals surface area (Å²) in [5, 5.41) is 10.4. The van der Waals surface area contributed by atoms with E-state index in [9.17, 15) is 0 Å². The molecule has 1 aromatic heterocycles. The topological polar surface area (TPSA) is 46.3 Å².